The highest BCUT2D eigenvalue weighted by atomic mass is 35.5. The molecular formula is C37H37Cl2N7O3. The smallest absolute Gasteiger partial charge is 0.220 e. The fourth-order valence-electron chi connectivity index (χ4n) is 6.58. The number of imidazole rings is 1. The fourth-order valence-corrected chi connectivity index (χ4v) is 7.24. The number of hydrogen-bond donors (Lipinski definition) is 4. The van der Waals surface area contributed by atoms with Crippen molar-refractivity contribution >= 4 is 40.7 Å². The topological polar surface area (TPSA) is 122 Å². The normalized spacial score (nSPS) is 17.4. The molecule has 0 radical (unpaired) electrons. The van der Waals surface area contributed by atoms with Crippen LogP contribution in [0.4, 0.5) is 0 Å². The van der Waals surface area contributed by atoms with E-state index in [0.29, 0.717) is 54.1 Å². The molecule has 0 saturated carbocycles. The number of fused-ring (bicyclic) bond motifs is 1. The van der Waals surface area contributed by atoms with Gasteiger partial charge in [-0.3, -0.25) is 9.59 Å². The van der Waals surface area contributed by atoms with Gasteiger partial charge in [-0.05, 0) is 36.6 Å². The van der Waals surface area contributed by atoms with Crippen molar-refractivity contribution < 1.29 is 14.3 Å². The van der Waals surface area contributed by atoms with Crippen LogP contribution in [-0.4, -0.2) is 58.5 Å². The molecule has 10 nitrogen and oxygen atoms in total. The first-order valence-corrected chi connectivity index (χ1v) is 17.2. The number of carbonyl (C=O) groups excluding carboxylic acids is 2. The zero-order chi connectivity index (χ0) is 33.9. The Hall–Kier alpha value is -4.48. The van der Waals surface area contributed by atoms with Crippen molar-refractivity contribution in [1.29, 1.82) is 0 Å². The lowest BCUT2D eigenvalue weighted by molar-refractivity contribution is -0.120. The number of carbonyl (C=O) groups is 2. The van der Waals surface area contributed by atoms with Crippen LogP contribution >= 0.6 is 23.2 Å². The van der Waals surface area contributed by atoms with Gasteiger partial charge in [0.25, 0.3) is 0 Å². The first kappa shape index (κ1) is 33.0. The van der Waals surface area contributed by atoms with Crippen molar-refractivity contribution in [3.63, 3.8) is 0 Å². The van der Waals surface area contributed by atoms with Crippen LogP contribution in [0.1, 0.15) is 36.9 Å². The molecule has 0 aliphatic carbocycles. The predicted octanol–water partition coefficient (Wildman–Crippen LogP) is 5.78. The molecule has 2 atom stereocenters. The molecule has 252 valence electrons. The summed E-state index contributed by atoms with van der Waals surface area (Å²) in [7, 11) is 1.60. The van der Waals surface area contributed by atoms with Gasteiger partial charge in [-0.15, -0.1) is 0 Å². The summed E-state index contributed by atoms with van der Waals surface area (Å²) >= 11 is 14.2. The lowest BCUT2D eigenvalue weighted by atomic mass is 9.97. The highest BCUT2D eigenvalue weighted by Gasteiger charge is 2.22. The monoisotopic (exact) mass is 697 g/mol. The first-order chi connectivity index (χ1) is 23.9. The van der Waals surface area contributed by atoms with E-state index >= 15 is 0 Å². The van der Waals surface area contributed by atoms with E-state index in [0.717, 1.165) is 64.1 Å². The van der Waals surface area contributed by atoms with E-state index in [2.05, 4.69) is 30.7 Å². The van der Waals surface area contributed by atoms with E-state index in [-0.39, 0.29) is 23.9 Å². The number of halogens is 2. The zero-order valence-electron chi connectivity index (χ0n) is 27.1. The molecular weight excluding hydrogens is 661 g/mol. The number of amides is 2. The molecule has 2 saturated heterocycles. The predicted molar refractivity (Wildman–Crippen MR) is 192 cm³/mol. The van der Waals surface area contributed by atoms with Gasteiger partial charge in [0.2, 0.25) is 17.7 Å². The van der Waals surface area contributed by atoms with Crippen molar-refractivity contribution in [3.05, 3.63) is 94.4 Å². The Morgan fingerprint density at radius 3 is 2.12 bits per heavy atom. The third-order valence-electron chi connectivity index (χ3n) is 9.17. The molecule has 0 unspecified atom stereocenters. The molecule has 2 aliphatic rings. The number of rotatable bonds is 12. The van der Waals surface area contributed by atoms with Gasteiger partial charge < -0.3 is 30.4 Å². The molecule has 0 bridgehead atoms. The van der Waals surface area contributed by atoms with Crippen LogP contribution in [0.5, 0.6) is 5.88 Å². The quantitative estimate of drug-likeness (QED) is 0.130. The number of hydrogen-bond acceptors (Lipinski definition) is 7. The van der Waals surface area contributed by atoms with Crippen molar-refractivity contribution in [3.8, 4) is 39.4 Å². The summed E-state index contributed by atoms with van der Waals surface area (Å²) in [4.78, 5) is 32.5. The molecule has 7 rings (SSSR count). The summed E-state index contributed by atoms with van der Waals surface area (Å²) in [6, 6.07) is 20.1. The maximum absolute atomic E-state index is 11.5. The van der Waals surface area contributed by atoms with Gasteiger partial charge in [0.15, 0.2) is 0 Å². The number of pyridine rings is 2. The number of nitrogens with one attached hydrogen (secondary N) is 4. The molecule has 2 amide bonds. The molecule has 49 heavy (non-hydrogen) atoms. The number of aromatic nitrogens is 3. The summed E-state index contributed by atoms with van der Waals surface area (Å²) in [6.45, 7) is 2.60. The second-order valence-electron chi connectivity index (χ2n) is 12.5. The van der Waals surface area contributed by atoms with E-state index in [1.165, 1.54) is 0 Å². The van der Waals surface area contributed by atoms with Crippen LogP contribution in [-0.2, 0) is 22.7 Å². The van der Waals surface area contributed by atoms with Gasteiger partial charge in [-0.1, -0.05) is 65.7 Å². The second kappa shape index (κ2) is 14.6. The molecule has 5 aromatic rings. The molecule has 12 heteroatoms. The number of methoxy groups -OCH3 is 1. The van der Waals surface area contributed by atoms with E-state index in [4.69, 9.17) is 32.9 Å². The van der Waals surface area contributed by atoms with Crippen LogP contribution in [0.15, 0.2) is 73.1 Å². The molecule has 5 heterocycles. The van der Waals surface area contributed by atoms with Gasteiger partial charge in [0, 0.05) is 85.1 Å². The van der Waals surface area contributed by atoms with E-state index in [1.807, 2.05) is 73.1 Å². The van der Waals surface area contributed by atoms with Gasteiger partial charge in [-0.25, -0.2) is 9.97 Å². The second-order valence-corrected chi connectivity index (χ2v) is 13.2. The fraction of sp³-hybridized carbons (Fsp3) is 0.297. The van der Waals surface area contributed by atoms with Crippen LogP contribution in [0, 0.1) is 0 Å². The first-order valence-electron chi connectivity index (χ1n) is 16.5. The Labute approximate surface area is 294 Å². The Morgan fingerprint density at radius 2 is 1.47 bits per heavy atom. The van der Waals surface area contributed by atoms with Crippen LogP contribution in [0.2, 0.25) is 10.0 Å². The zero-order valence-corrected chi connectivity index (χ0v) is 28.6. The lowest BCUT2D eigenvalue weighted by Crippen LogP contribution is -2.35. The molecule has 3 aromatic heterocycles. The maximum Gasteiger partial charge on any atom is 0.220 e. The average molecular weight is 699 g/mol. The number of nitrogens with zero attached hydrogens (tertiary/aromatic N) is 3. The molecule has 2 aromatic carbocycles. The minimum Gasteiger partial charge on any atom is -0.481 e. The average Bonchev–Trinajstić information content (AvgIpc) is 3.84. The number of ether oxygens (including phenoxy) is 1. The Balaban J connectivity index is 1.09. The van der Waals surface area contributed by atoms with Gasteiger partial charge in [0.05, 0.1) is 34.7 Å². The van der Waals surface area contributed by atoms with Crippen LogP contribution in [0.25, 0.3) is 39.2 Å². The standard InChI is InChI=1S/C37H37Cl2N7O3/c1-49-37-23(17-40-18-24-9-12-33(47)43-24)8-11-31(45-37)30-7-3-6-29(36(30)39)28-5-2-4-27(35(28)38)22-14-15-46-26(21-42-32(46)16-22)20-41-19-25-10-13-34(48)44-25/h2-8,11,14-16,21,24-25,40-41H,9-10,12-13,17-20H2,1H3,(H,43,47)(H,44,48)/t24-,25+/m1/s1. The third-order valence-corrected chi connectivity index (χ3v) is 9.98. The lowest BCUT2D eigenvalue weighted by Gasteiger charge is -2.16. The summed E-state index contributed by atoms with van der Waals surface area (Å²) in [5, 5.41) is 13.9. The summed E-state index contributed by atoms with van der Waals surface area (Å²) < 4.78 is 7.71. The highest BCUT2D eigenvalue weighted by molar-refractivity contribution is 6.39. The van der Waals surface area contributed by atoms with Crippen LogP contribution < -0.4 is 26.0 Å². The maximum atomic E-state index is 11.5. The van der Waals surface area contributed by atoms with Crippen molar-refractivity contribution in [2.75, 3.05) is 20.2 Å². The largest absolute Gasteiger partial charge is 0.481 e. The van der Waals surface area contributed by atoms with Gasteiger partial charge in [-0.2, -0.15) is 0 Å². The van der Waals surface area contributed by atoms with Gasteiger partial charge in [0.1, 0.15) is 5.65 Å². The van der Waals surface area contributed by atoms with E-state index in [9.17, 15) is 9.59 Å². The molecule has 4 N–H and O–H groups in total. The van der Waals surface area contributed by atoms with E-state index in [1.54, 1.807) is 7.11 Å². The molecule has 2 fully saturated rings. The minimum absolute atomic E-state index is 0.102. The Bertz CT molecular complexity index is 2030. The Morgan fingerprint density at radius 1 is 0.837 bits per heavy atom. The molecule has 2 aliphatic heterocycles. The van der Waals surface area contributed by atoms with Crippen molar-refractivity contribution in [2.24, 2.45) is 0 Å². The van der Waals surface area contributed by atoms with Gasteiger partial charge >= 0.3 is 0 Å². The Kier molecular flexibility index (Phi) is 9.81. The minimum atomic E-state index is 0.102. The third kappa shape index (κ3) is 7.14. The highest BCUT2D eigenvalue weighted by Crippen LogP contribution is 2.42. The number of benzene rings is 2. The summed E-state index contributed by atoms with van der Waals surface area (Å²) in [5.74, 6) is 0.732. The summed E-state index contributed by atoms with van der Waals surface area (Å²) in [5.41, 5.74) is 7.63. The van der Waals surface area contributed by atoms with Crippen molar-refractivity contribution in [1.82, 2.24) is 35.6 Å². The van der Waals surface area contributed by atoms with Crippen LogP contribution in [0.3, 0.4) is 0 Å². The van der Waals surface area contributed by atoms with Crippen molar-refractivity contribution in [2.45, 2.75) is 50.9 Å². The van der Waals surface area contributed by atoms with E-state index < -0.39 is 0 Å². The summed E-state index contributed by atoms with van der Waals surface area (Å²) in [6.07, 6.45) is 6.74. The SMILES string of the molecule is COc1nc(-c2cccc(-c3cccc(-c4ccn5c(CNC[C@@H]6CCC(=O)N6)cnc5c4)c3Cl)c2Cl)ccc1CNC[C@H]1CCC(=O)N1. The molecule has 0 spiro atoms.